The van der Waals surface area contributed by atoms with Crippen molar-refractivity contribution in [3.05, 3.63) is 24.2 Å². The van der Waals surface area contributed by atoms with Crippen LogP contribution in [0, 0.1) is 5.92 Å². The van der Waals surface area contributed by atoms with E-state index < -0.39 is 17.3 Å². The summed E-state index contributed by atoms with van der Waals surface area (Å²) in [5.74, 6) is -2.05. The summed E-state index contributed by atoms with van der Waals surface area (Å²) in [5.41, 5.74) is 3.76. The van der Waals surface area contributed by atoms with Gasteiger partial charge in [-0.1, -0.05) is 13.8 Å². The van der Waals surface area contributed by atoms with Crippen molar-refractivity contribution in [1.29, 1.82) is 0 Å². The maximum absolute atomic E-state index is 11.9. The van der Waals surface area contributed by atoms with Crippen LogP contribution >= 0.6 is 0 Å². The Balaban J connectivity index is 3.03. The van der Waals surface area contributed by atoms with Crippen molar-refractivity contribution in [3.8, 4) is 0 Å². The molecule has 1 aromatic heterocycles. The van der Waals surface area contributed by atoms with Gasteiger partial charge in [0.1, 0.15) is 0 Å². The molecule has 0 aliphatic carbocycles. The predicted molar refractivity (Wildman–Crippen MR) is 57.0 cm³/mol. The SMILES string of the molecule is CC(C)CC(N)(C(=O)O)C(=O)c1ccco1. The molecule has 1 rings (SSSR count). The molecular formula is C11H15NO4. The minimum Gasteiger partial charge on any atom is -0.480 e. The molecule has 0 spiro atoms. The zero-order valence-corrected chi connectivity index (χ0v) is 9.27. The first-order valence-electron chi connectivity index (χ1n) is 4.98. The van der Waals surface area contributed by atoms with E-state index in [1.807, 2.05) is 0 Å². The van der Waals surface area contributed by atoms with Crippen LogP contribution in [0.25, 0.3) is 0 Å². The van der Waals surface area contributed by atoms with Gasteiger partial charge < -0.3 is 15.3 Å². The number of aliphatic carboxylic acids is 1. The topological polar surface area (TPSA) is 93.5 Å². The number of carboxylic acid groups (broad SMARTS) is 1. The molecule has 1 heterocycles. The summed E-state index contributed by atoms with van der Waals surface area (Å²) in [6.45, 7) is 3.61. The number of hydrogen-bond donors (Lipinski definition) is 2. The lowest BCUT2D eigenvalue weighted by Crippen LogP contribution is -2.55. The quantitative estimate of drug-likeness (QED) is 0.581. The lowest BCUT2D eigenvalue weighted by atomic mass is 9.85. The molecule has 1 unspecified atom stereocenters. The lowest BCUT2D eigenvalue weighted by molar-refractivity contribution is -0.141. The minimum atomic E-state index is -1.91. The Kier molecular flexibility index (Phi) is 3.49. The van der Waals surface area contributed by atoms with E-state index in [4.69, 9.17) is 15.3 Å². The van der Waals surface area contributed by atoms with E-state index >= 15 is 0 Å². The molecule has 16 heavy (non-hydrogen) atoms. The van der Waals surface area contributed by atoms with Crippen LogP contribution in [0.4, 0.5) is 0 Å². The first kappa shape index (κ1) is 12.4. The minimum absolute atomic E-state index is 0.0000113. The average Bonchev–Trinajstić information content (AvgIpc) is 2.67. The van der Waals surface area contributed by atoms with Gasteiger partial charge in [-0.15, -0.1) is 0 Å². The van der Waals surface area contributed by atoms with Crippen LogP contribution in [-0.2, 0) is 4.79 Å². The van der Waals surface area contributed by atoms with E-state index in [0.29, 0.717) is 0 Å². The first-order chi connectivity index (χ1) is 7.38. The van der Waals surface area contributed by atoms with E-state index in [-0.39, 0.29) is 18.1 Å². The zero-order chi connectivity index (χ0) is 12.3. The van der Waals surface area contributed by atoms with E-state index in [2.05, 4.69) is 0 Å². The van der Waals surface area contributed by atoms with Crippen LogP contribution in [-0.4, -0.2) is 22.4 Å². The largest absolute Gasteiger partial charge is 0.480 e. The summed E-state index contributed by atoms with van der Waals surface area (Å²) in [6, 6.07) is 2.93. The van der Waals surface area contributed by atoms with Crippen molar-refractivity contribution in [2.45, 2.75) is 25.8 Å². The summed E-state index contributed by atoms with van der Waals surface area (Å²) in [6.07, 6.45) is 1.38. The van der Waals surface area contributed by atoms with Crippen LogP contribution in [0.15, 0.2) is 22.8 Å². The van der Waals surface area contributed by atoms with Gasteiger partial charge in [0.05, 0.1) is 6.26 Å². The van der Waals surface area contributed by atoms with Crippen molar-refractivity contribution >= 4 is 11.8 Å². The third kappa shape index (κ3) is 2.30. The number of hydrogen-bond acceptors (Lipinski definition) is 4. The molecule has 0 fully saturated rings. The second-order valence-electron chi connectivity index (χ2n) is 4.18. The number of Topliss-reactive ketones (excluding diaryl/α,β-unsaturated/α-hetero) is 1. The van der Waals surface area contributed by atoms with Gasteiger partial charge in [0.25, 0.3) is 0 Å². The summed E-state index contributed by atoms with van der Waals surface area (Å²) >= 11 is 0. The zero-order valence-electron chi connectivity index (χ0n) is 9.27. The highest BCUT2D eigenvalue weighted by Gasteiger charge is 2.44. The second-order valence-corrected chi connectivity index (χ2v) is 4.18. The number of carbonyl (C=O) groups excluding carboxylic acids is 1. The Morgan fingerprint density at radius 2 is 2.19 bits per heavy atom. The molecule has 0 radical (unpaired) electrons. The highest BCUT2D eigenvalue weighted by atomic mass is 16.4. The van der Waals surface area contributed by atoms with E-state index in [1.165, 1.54) is 18.4 Å². The van der Waals surface area contributed by atoms with Crippen molar-refractivity contribution < 1.29 is 19.1 Å². The maximum atomic E-state index is 11.9. The number of carboxylic acids is 1. The Morgan fingerprint density at radius 1 is 1.56 bits per heavy atom. The number of ketones is 1. The van der Waals surface area contributed by atoms with Crippen LogP contribution in [0.5, 0.6) is 0 Å². The molecular weight excluding hydrogens is 210 g/mol. The number of furan rings is 1. The second kappa shape index (κ2) is 4.49. The van der Waals surface area contributed by atoms with Gasteiger partial charge in [0.15, 0.2) is 11.3 Å². The summed E-state index contributed by atoms with van der Waals surface area (Å²) in [5, 5.41) is 9.06. The third-order valence-corrected chi connectivity index (χ3v) is 2.26. The molecule has 0 aliphatic heterocycles. The van der Waals surface area contributed by atoms with E-state index in [9.17, 15) is 9.59 Å². The molecule has 88 valence electrons. The molecule has 3 N–H and O–H groups in total. The molecule has 1 atom stereocenters. The standard InChI is InChI=1S/C11H15NO4/c1-7(2)6-11(12,10(14)15)9(13)8-4-3-5-16-8/h3-5,7H,6,12H2,1-2H3,(H,14,15). The fourth-order valence-corrected chi connectivity index (χ4v) is 1.55. The van der Waals surface area contributed by atoms with Crippen LogP contribution in [0.3, 0.4) is 0 Å². The molecule has 0 saturated heterocycles. The smallest absolute Gasteiger partial charge is 0.332 e. The van der Waals surface area contributed by atoms with Crippen molar-refractivity contribution in [2.24, 2.45) is 11.7 Å². The van der Waals surface area contributed by atoms with E-state index in [1.54, 1.807) is 13.8 Å². The molecule has 1 aromatic rings. The molecule has 0 saturated carbocycles. The van der Waals surface area contributed by atoms with Gasteiger partial charge in [-0.25, -0.2) is 4.79 Å². The van der Waals surface area contributed by atoms with Crippen molar-refractivity contribution in [1.82, 2.24) is 0 Å². The number of nitrogens with two attached hydrogens (primary N) is 1. The van der Waals surface area contributed by atoms with Gasteiger partial charge in [-0.3, -0.25) is 4.79 Å². The molecule has 5 nitrogen and oxygen atoms in total. The van der Waals surface area contributed by atoms with Crippen molar-refractivity contribution in [2.75, 3.05) is 0 Å². The summed E-state index contributed by atoms with van der Waals surface area (Å²) in [7, 11) is 0. The monoisotopic (exact) mass is 225 g/mol. The average molecular weight is 225 g/mol. The molecule has 0 amide bonds. The molecule has 0 aliphatic rings. The Hall–Kier alpha value is -1.62. The normalized spacial score (nSPS) is 14.8. The first-order valence-corrected chi connectivity index (χ1v) is 4.98. The maximum Gasteiger partial charge on any atom is 0.332 e. The third-order valence-electron chi connectivity index (χ3n) is 2.26. The lowest BCUT2D eigenvalue weighted by Gasteiger charge is -2.23. The fraction of sp³-hybridized carbons (Fsp3) is 0.455. The van der Waals surface area contributed by atoms with Gasteiger partial charge in [0, 0.05) is 0 Å². The summed E-state index contributed by atoms with van der Waals surface area (Å²) in [4.78, 5) is 23.0. The van der Waals surface area contributed by atoms with Gasteiger partial charge in [-0.05, 0) is 24.5 Å². The highest BCUT2D eigenvalue weighted by molar-refractivity contribution is 6.14. The van der Waals surface area contributed by atoms with Crippen LogP contribution in [0.1, 0.15) is 30.8 Å². The molecule has 5 heteroatoms. The number of carbonyl (C=O) groups is 2. The Labute approximate surface area is 93.2 Å². The van der Waals surface area contributed by atoms with Gasteiger partial charge >= 0.3 is 5.97 Å². The Morgan fingerprint density at radius 3 is 2.56 bits per heavy atom. The fourth-order valence-electron chi connectivity index (χ4n) is 1.55. The summed E-state index contributed by atoms with van der Waals surface area (Å²) < 4.78 is 4.88. The van der Waals surface area contributed by atoms with Crippen molar-refractivity contribution in [3.63, 3.8) is 0 Å². The van der Waals surface area contributed by atoms with Gasteiger partial charge in [-0.2, -0.15) is 0 Å². The van der Waals surface area contributed by atoms with Crippen LogP contribution in [0.2, 0.25) is 0 Å². The predicted octanol–water partition coefficient (Wildman–Crippen LogP) is 1.29. The highest BCUT2D eigenvalue weighted by Crippen LogP contribution is 2.20. The number of rotatable bonds is 5. The van der Waals surface area contributed by atoms with E-state index in [0.717, 1.165) is 0 Å². The van der Waals surface area contributed by atoms with Gasteiger partial charge in [0.2, 0.25) is 5.78 Å². The molecule has 0 bridgehead atoms. The molecule has 0 aromatic carbocycles. The van der Waals surface area contributed by atoms with Crippen LogP contribution < -0.4 is 5.73 Å². The Bertz CT molecular complexity index is 383.